The van der Waals surface area contributed by atoms with Crippen LogP contribution in [0.15, 0.2) is 24.3 Å². The summed E-state index contributed by atoms with van der Waals surface area (Å²) in [5.74, 6) is 0.464. The van der Waals surface area contributed by atoms with E-state index in [1.54, 1.807) is 12.1 Å². The zero-order valence-electron chi connectivity index (χ0n) is 19.9. The van der Waals surface area contributed by atoms with Crippen molar-refractivity contribution in [1.29, 1.82) is 0 Å². The Morgan fingerprint density at radius 1 is 0.938 bits per heavy atom. The second-order valence-electron chi connectivity index (χ2n) is 10.4. The Morgan fingerprint density at radius 2 is 1.47 bits per heavy atom. The molecule has 0 spiro atoms. The van der Waals surface area contributed by atoms with Gasteiger partial charge in [-0.2, -0.15) is 0 Å². The van der Waals surface area contributed by atoms with E-state index in [-0.39, 0.29) is 29.2 Å². The maximum Gasteiger partial charge on any atom is 0.242 e. The molecule has 0 bridgehead atoms. The molecule has 32 heavy (non-hydrogen) atoms. The second kappa shape index (κ2) is 10.5. The second-order valence-corrected chi connectivity index (χ2v) is 10.4. The van der Waals surface area contributed by atoms with Gasteiger partial charge in [-0.05, 0) is 48.4 Å². The standard InChI is InChI=1S/C25H38N4O3/c1-18(30)26-20-9-11-21(12-10-20)27-24(32)23(19-7-5-6-8-19)29-15-13-28(14-16-29)22(31)17-25(2,3)4/h9-12,19,23H,5-8,13-17H2,1-4H3,(H,26,30)(H,27,32). The number of benzene rings is 1. The van der Waals surface area contributed by atoms with E-state index >= 15 is 0 Å². The lowest BCUT2D eigenvalue weighted by Gasteiger charge is -2.41. The molecule has 2 fully saturated rings. The van der Waals surface area contributed by atoms with Crippen LogP contribution >= 0.6 is 0 Å². The van der Waals surface area contributed by atoms with Gasteiger partial charge in [0, 0.05) is 50.9 Å². The van der Waals surface area contributed by atoms with Gasteiger partial charge in [0.25, 0.3) is 0 Å². The molecule has 1 heterocycles. The minimum Gasteiger partial charge on any atom is -0.340 e. The Labute approximate surface area is 191 Å². The largest absolute Gasteiger partial charge is 0.340 e. The van der Waals surface area contributed by atoms with Crippen LogP contribution in [0.2, 0.25) is 0 Å². The van der Waals surface area contributed by atoms with Crippen molar-refractivity contribution in [3.05, 3.63) is 24.3 Å². The number of rotatable bonds is 6. The minimum atomic E-state index is -0.174. The fourth-order valence-corrected chi connectivity index (χ4v) is 4.82. The molecule has 176 valence electrons. The van der Waals surface area contributed by atoms with Gasteiger partial charge >= 0.3 is 0 Å². The zero-order valence-corrected chi connectivity index (χ0v) is 19.9. The van der Waals surface area contributed by atoms with Crippen molar-refractivity contribution in [2.24, 2.45) is 11.3 Å². The molecule has 7 heteroatoms. The fourth-order valence-electron chi connectivity index (χ4n) is 4.82. The normalized spacial score (nSPS) is 18.9. The van der Waals surface area contributed by atoms with E-state index in [0.717, 1.165) is 31.6 Å². The Hall–Kier alpha value is -2.41. The number of hydrogen-bond acceptors (Lipinski definition) is 4. The van der Waals surface area contributed by atoms with Crippen molar-refractivity contribution in [2.75, 3.05) is 36.8 Å². The number of carbonyl (C=O) groups excluding carboxylic acids is 3. The summed E-state index contributed by atoms with van der Waals surface area (Å²) >= 11 is 0. The Kier molecular flexibility index (Phi) is 7.93. The zero-order chi connectivity index (χ0) is 23.3. The summed E-state index contributed by atoms with van der Waals surface area (Å²) in [5, 5.41) is 5.83. The number of nitrogens with one attached hydrogen (secondary N) is 2. The van der Waals surface area contributed by atoms with Gasteiger partial charge in [0.1, 0.15) is 0 Å². The highest BCUT2D eigenvalue weighted by molar-refractivity contribution is 5.95. The van der Waals surface area contributed by atoms with Gasteiger partial charge in [0.05, 0.1) is 6.04 Å². The number of carbonyl (C=O) groups is 3. The number of piperazine rings is 1. The van der Waals surface area contributed by atoms with E-state index in [2.05, 4.69) is 36.3 Å². The third kappa shape index (κ3) is 6.79. The molecule has 2 N–H and O–H groups in total. The van der Waals surface area contributed by atoms with Gasteiger partial charge in [-0.15, -0.1) is 0 Å². The lowest BCUT2D eigenvalue weighted by atomic mass is 9.91. The molecule has 1 saturated heterocycles. The summed E-state index contributed by atoms with van der Waals surface area (Å²) in [4.78, 5) is 41.4. The number of amides is 3. The highest BCUT2D eigenvalue weighted by atomic mass is 16.2. The highest BCUT2D eigenvalue weighted by Crippen LogP contribution is 2.32. The summed E-state index contributed by atoms with van der Waals surface area (Å²) < 4.78 is 0. The lowest BCUT2D eigenvalue weighted by molar-refractivity contribution is -0.136. The molecule has 7 nitrogen and oxygen atoms in total. The first-order valence-corrected chi connectivity index (χ1v) is 11.8. The molecule has 2 aliphatic rings. The molecular formula is C25H38N4O3. The molecule has 1 aliphatic heterocycles. The van der Waals surface area contributed by atoms with Crippen LogP contribution in [-0.2, 0) is 14.4 Å². The predicted molar refractivity (Wildman–Crippen MR) is 127 cm³/mol. The van der Waals surface area contributed by atoms with Crippen molar-refractivity contribution in [3.8, 4) is 0 Å². The number of anilines is 2. The van der Waals surface area contributed by atoms with E-state index in [9.17, 15) is 14.4 Å². The van der Waals surface area contributed by atoms with Crippen LogP contribution in [0.5, 0.6) is 0 Å². The van der Waals surface area contributed by atoms with Crippen LogP contribution < -0.4 is 10.6 Å². The Balaban J connectivity index is 1.63. The average Bonchev–Trinajstić information content (AvgIpc) is 3.23. The topological polar surface area (TPSA) is 81.8 Å². The van der Waals surface area contributed by atoms with Gasteiger partial charge in [-0.1, -0.05) is 33.6 Å². The molecule has 1 aromatic carbocycles. The molecule has 1 saturated carbocycles. The van der Waals surface area contributed by atoms with Crippen LogP contribution in [-0.4, -0.2) is 59.7 Å². The Morgan fingerprint density at radius 3 is 1.97 bits per heavy atom. The Bertz CT molecular complexity index is 801. The van der Waals surface area contributed by atoms with Gasteiger partial charge in [-0.25, -0.2) is 0 Å². The van der Waals surface area contributed by atoms with Crippen LogP contribution in [0.1, 0.15) is 59.8 Å². The van der Waals surface area contributed by atoms with Crippen LogP contribution in [0.4, 0.5) is 11.4 Å². The molecule has 1 atom stereocenters. The van der Waals surface area contributed by atoms with Gasteiger partial charge in [0.2, 0.25) is 17.7 Å². The lowest BCUT2D eigenvalue weighted by Crippen LogP contribution is -2.57. The first-order valence-electron chi connectivity index (χ1n) is 11.8. The fraction of sp³-hybridized carbons (Fsp3) is 0.640. The number of nitrogens with zero attached hydrogens (tertiary/aromatic N) is 2. The van der Waals surface area contributed by atoms with Crippen molar-refractivity contribution < 1.29 is 14.4 Å². The maximum atomic E-state index is 13.4. The molecule has 1 aromatic rings. The molecule has 3 amide bonds. The van der Waals surface area contributed by atoms with Gasteiger partial charge < -0.3 is 15.5 Å². The molecule has 0 radical (unpaired) electrons. The van der Waals surface area contributed by atoms with Crippen molar-refractivity contribution >= 4 is 29.1 Å². The van der Waals surface area contributed by atoms with E-state index in [1.165, 1.54) is 19.8 Å². The molecule has 1 unspecified atom stereocenters. The van der Waals surface area contributed by atoms with Crippen LogP contribution in [0.3, 0.4) is 0 Å². The summed E-state index contributed by atoms with van der Waals surface area (Å²) in [6, 6.07) is 7.05. The van der Waals surface area contributed by atoms with Crippen molar-refractivity contribution in [3.63, 3.8) is 0 Å². The molecule has 1 aliphatic carbocycles. The van der Waals surface area contributed by atoms with Crippen molar-refractivity contribution in [2.45, 2.75) is 65.8 Å². The predicted octanol–water partition coefficient (Wildman–Crippen LogP) is 3.72. The van der Waals surface area contributed by atoms with Crippen molar-refractivity contribution in [1.82, 2.24) is 9.80 Å². The third-order valence-corrected chi connectivity index (χ3v) is 6.33. The van der Waals surface area contributed by atoms with Crippen LogP contribution in [0, 0.1) is 11.3 Å². The van der Waals surface area contributed by atoms with Gasteiger partial charge in [0.15, 0.2) is 0 Å². The summed E-state index contributed by atoms with van der Waals surface area (Å²) in [7, 11) is 0. The van der Waals surface area contributed by atoms with E-state index in [4.69, 9.17) is 0 Å². The quantitative estimate of drug-likeness (QED) is 0.703. The van der Waals surface area contributed by atoms with Crippen LogP contribution in [0.25, 0.3) is 0 Å². The summed E-state index contributed by atoms with van der Waals surface area (Å²) in [5.41, 5.74) is 1.42. The van der Waals surface area contributed by atoms with E-state index < -0.39 is 0 Å². The van der Waals surface area contributed by atoms with E-state index in [0.29, 0.717) is 31.1 Å². The maximum absolute atomic E-state index is 13.4. The smallest absolute Gasteiger partial charge is 0.242 e. The average molecular weight is 443 g/mol. The van der Waals surface area contributed by atoms with Gasteiger partial charge in [-0.3, -0.25) is 19.3 Å². The van der Waals surface area contributed by atoms with E-state index in [1.807, 2.05) is 17.0 Å². The molecule has 0 aromatic heterocycles. The number of hydrogen-bond donors (Lipinski definition) is 2. The first-order chi connectivity index (χ1) is 15.1. The minimum absolute atomic E-state index is 0.0179. The first kappa shape index (κ1) is 24.2. The monoisotopic (exact) mass is 442 g/mol. The highest BCUT2D eigenvalue weighted by Gasteiger charge is 2.37. The molecular weight excluding hydrogens is 404 g/mol. The SMILES string of the molecule is CC(=O)Nc1ccc(NC(=O)C(C2CCCC2)N2CCN(C(=O)CC(C)(C)C)CC2)cc1. The summed E-state index contributed by atoms with van der Waals surface area (Å²) in [6.45, 7) is 10.5. The third-order valence-electron chi connectivity index (χ3n) is 6.33. The summed E-state index contributed by atoms with van der Waals surface area (Å²) in [6.07, 6.45) is 5.03. The molecule has 3 rings (SSSR count).